The van der Waals surface area contributed by atoms with E-state index in [0.717, 1.165) is 5.56 Å². The molecule has 0 aliphatic carbocycles. The topological polar surface area (TPSA) is 52.0 Å². The maximum Gasteiger partial charge on any atom is 0.125 e. The van der Waals surface area contributed by atoms with Crippen LogP contribution in [0.5, 0.6) is 0 Å². The fourth-order valence-electron chi connectivity index (χ4n) is 0.899. The van der Waals surface area contributed by atoms with Crippen LogP contribution in [-0.2, 0) is 0 Å². The number of rotatable bonds is 1. The van der Waals surface area contributed by atoms with Gasteiger partial charge in [-0.25, -0.2) is 4.39 Å². The van der Waals surface area contributed by atoms with Gasteiger partial charge in [-0.3, -0.25) is 0 Å². The highest BCUT2D eigenvalue weighted by Crippen LogP contribution is 2.15. The van der Waals surface area contributed by atoms with Crippen molar-refractivity contribution in [1.82, 2.24) is 0 Å². The molecule has 0 spiro atoms. The van der Waals surface area contributed by atoms with Crippen molar-refractivity contribution in [3.8, 4) is 0 Å². The number of nitrogen functional groups attached to an aromatic ring is 1. The fraction of sp³-hybridized carbons (Fsp3) is 0.250. The summed E-state index contributed by atoms with van der Waals surface area (Å²) in [5.41, 5.74) is 12.1. The van der Waals surface area contributed by atoms with Crippen LogP contribution in [0.15, 0.2) is 18.2 Å². The third-order valence-corrected chi connectivity index (χ3v) is 1.47. The van der Waals surface area contributed by atoms with Gasteiger partial charge in [0.2, 0.25) is 0 Å². The van der Waals surface area contributed by atoms with Crippen molar-refractivity contribution >= 4 is 5.69 Å². The first-order chi connectivity index (χ1) is 5.09. The number of benzene rings is 1. The van der Waals surface area contributed by atoms with Gasteiger partial charge in [0.1, 0.15) is 5.82 Å². The van der Waals surface area contributed by atoms with E-state index < -0.39 is 0 Å². The molecule has 4 N–H and O–H groups in total. The summed E-state index contributed by atoms with van der Waals surface area (Å²) in [6.07, 6.45) is 0. The van der Waals surface area contributed by atoms with Crippen LogP contribution in [0.25, 0.3) is 0 Å². The lowest BCUT2D eigenvalue weighted by Crippen LogP contribution is -2.05. The summed E-state index contributed by atoms with van der Waals surface area (Å²) in [5, 5.41) is 0. The average molecular weight is 154 g/mol. The lowest BCUT2D eigenvalue weighted by molar-refractivity contribution is 0.623. The molecule has 1 rings (SSSR count). The molecule has 0 aromatic heterocycles. The van der Waals surface area contributed by atoms with Crippen molar-refractivity contribution in [3.63, 3.8) is 0 Å². The van der Waals surface area contributed by atoms with Gasteiger partial charge in [0.15, 0.2) is 0 Å². The number of nitrogens with two attached hydrogens (primary N) is 2. The Kier molecular flexibility index (Phi) is 2.10. The molecule has 2 nitrogen and oxygen atoms in total. The molecule has 0 aliphatic rings. The highest BCUT2D eigenvalue weighted by Gasteiger charge is 2.01. The van der Waals surface area contributed by atoms with E-state index in [-0.39, 0.29) is 11.9 Å². The Morgan fingerprint density at radius 1 is 1.36 bits per heavy atom. The number of hydrogen-bond donors (Lipinski definition) is 2. The zero-order valence-electron chi connectivity index (χ0n) is 6.34. The summed E-state index contributed by atoms with van der Waals surface area (Å²) in [6.45, 7) is 1.79. The van der Waals surface area contributed by atoms with Crippen molar-refractivity contribution < 1.29 is 4.39 Å². The molecule has 0 amide bonds. The van der Waals surface area contributed by atoms with Crippen LogP contribution in [-0.4, -0.2) is 0 Å². The third-order valence-electron chi connectivity index (χ3n) is 1.47. The largest absolute Gasteiger partial charge is 0.399 e. The van der Waals surface area contributed by atoms with E-state index >= 15 is 0 Å². The van der Waals surface area contributed by atoms with Crippen molar-refractivity contribution in [2.45, 2.75) is 13.0 Å². The molecular weight excluding hydrogens is 143 g/mol. The molecule has 0 saturated carbocycles. The van der Waals surface area contributed by atoms with Crippen LogP contribution < -0.4 is 11.5 Å². The Hall–Kier alpha value is -1.09. The molecular formula is C8H11FN2. The Labute approximate surface area is 65.0 Å². The Morgan fingerprint density at radius 3 is 2.45 bits per heavy atom. The van der Waals surface area contributed by atoms with Crippen molar-refractivity contribution in [2.24, 2.45) is 5.73 Å². The first-order valence-electron chi connectivity index (χ1n) is 3.41. The van der Waals surface area contributed by atoms with Crippen molar-refractivity contribution in [3.05, 3.63) is 29.6 Å². The maximum absolute atomic E-state index is 12.7. The van der Waals surface area contributed by atoms with E-state index in [4.69, 9.17) is 11.5 Å². The molecule has 60 valence electrons. The van der Waals surface area contributed by atoms with E-state index in [1.165, 1.54) is 12.1 Å². The van der Waals surface area contributed by atoms with Crippen LogP contribution in [0.4, 0.5) is 10.1 Å². The second-order valence-electron chi connectivity index (χ2n) is 2.61. The summed E-state index contributed by atoms with van der Waals surface area (Å²) in [5.74, 6) is -0.336. The molecule has 0 aliphatic heterocycles. The Morgan fingerprint density at radius 2 is 2.00 bits per heavy atom. The van der Waals surface area contributed by atoms with Crippen LogP contribution >= 0.6 is 0 Å². The first-order valence-corrected chi connectivity index (χ1v) is 3.41. The molecule has 1 atom stereocenters. The SMILES string of the molecule is C[C@H](N)c1cc(N)cc(F)c1. The first kappa shape index (κ1) is 8.01. The lowest BCUT2D eigenvalue weighted by Gasteiger charge is -2.05. The summed E-state index contributed by atoms with van der Waals surface area (Å²) in [4.78, 5) is 0. The average Bonchev–Trinajstić information content (AvgIpc) is 1.85. The smallest absolute Gasteiger partial charge is 0.125 e. The van der Waals surface area contributed by atoms with E-state index in [2.05, 4.69) is 0 Å². The number of hydrogen-bond acceptors (Lipinski definition) is 2. The van der Waals surface area contributed by atoms with Crippen molar-refractivity contribution in [1.29, 1.82) is 0 Å². The maximum atomic E-state index is 12.7. The van der Waals surface area contributed by atoms with Gasteiger partial charge in [0.05, 0.1) is 0 Å². The highest BCUT2D eigenvalue weighted by atomic mass is 19.1. The molecule has 1 aromatic carbocycles. The van der Waals surface area contributed by atoms with E-state index in [0.29, 0.717) is 5.69 Å². The molecule has 0 saturated heterocycles. The monoisotopic (exact) mass is 154 g/mol. The molecule has 0 unspecified atom stereocenters. The van der Waals surface area contributed by atoms with Gasteiger partial charge in [-0.05, 0) is 30.7 Å². The fourth-order valence-corrected chi connectivity index (χ4v) is 0.899. The molecule has 0 radical (unpaired) electrons. The number of halogens is 1. The van der Waals surface area contributed by atoms with Gasteiger partial charge in [0, 0.05) is 11.7 Å². The van der Waals surface area contributed by atoms with E-state index in [9.17, 15) is 4.39 Å². The van der Waals surface area contributed by atoms with E-state index in [1.54, 1.807) is 13.0 Å². The summed E-state index contributed by atoms with van der Waals surface area (Å²) >= 11 is 0. The highest BCUT2D eigenvalue weighted by molar-refractivity contribution is 5.42. The second-order valence-corrected chi connectivity index (χ2v) is 2.61. The molecule has 0 fully saturated rings. The van der Waals surface area contributed by atoms with Crippen molar-refractivity contribution in [2.75, 3.05) is 5.73 Å². The quantitative estimate of drug-likeness (QED) is 0.601. The van der Waals surface area contributed by atoms with Gasteiger partial charge < -0.3 is 11.5 Å². The summed E-state index contributed by atoms with van der Waals surface area (Å²) in [7, 11) is 0. The lowest BCUT2D eigenvalue weighted by atomic mass is 10.1. The van der Waals surface area contributed by atoms with Crippen LogP contribution in [0.1, 0.15) is 18.5 Å². The van der Waals surface area contributed by atoms with Crippen LogP contribution in [0.2, 0.25) is 0 Å². The zero-order valence-corrected chi connectivity index (χ0v) is 6.34. The number of anilines is 1. The molecule has 3 heteroatoms. The summed E-state index contributed by atoms with van der Waals surface area (Å²) < 4.78 is 12.7. The van der Waals surface area contributed by atoms with E-state index in [1.807, 2.05) is 0 Å². The second kappa shape index (κ2) is 2.88. The predicted octanol–water partition coefficient (Wildman–Crippen LogP) is 1.43. The standard InChI is InChI=1S/C8H11FN2/c1-5(10)6-2-7(9)4-8(11)3-6/h2-5H,10-11H2,1H3/t5-/m0/s1. The molecule has 11 heavy (non-hydrogen) atoms. The van der Waals surface area contributed by atoms with Gasteiger partial charge in [-0.2, -0.15) is 0 Å². The van der Waals surface area contributed by atoms with Gasteiger partial charge >= 0.3 is 0 Å². The summed E-state index contributed by atoms with van der Waals surface area (Å²) in [6, 6.07) is 4.16. The molecule has 0 heterocycles. The minimum Gasteiger partial charge on any atom is -0.399 e. The minimum atomic E-state index is -0.336. The molecule has 1 aromatic rings. The third kappa shape index (κ3) is 1.91. The Bertz CT molecular complexity index is 238. The van der Waals surface area contributed by atoms with Gasteiger partial charge in [0.25, 0.3) is 0 Å². The van der Waals surface area contributed by atoms with Gasteiger partial charge in [-0.1, -0.05) is 0 Å². The zero-order chi connectivity index (χ0) is 8.43. The van der Waals surface area contributed by atoms with Crippen LogP contribution in [0.3, 0.4) is 0 Å². The normalized spacial score (nSPS) is 13.0. The minimum absolute atomic E-state index is 0.173. The van der Waals surface area contributed by atoms with Crippen LogP contribution in [0, 0.1) is 5.82 Å². The predicted molar refractivity (Wildman–Crippen MR) is 43.4 cm³/mol. The Balaban J connectivity index is 3.08. The van der Waals surface area contributed by atoms with Gasteiger partial charge in [-0.15, -0.1) is 0 Å². The molecule has 0 bridgehead atoms.